The molecule has 0 aliphatic rings. The summed E-state index contributed by atoms with van der Waals surface area (Å²) < 4.78 is 2.45. The molecule has 2 nitrogen and oxygen atoms in total. The van der Waals surface area contributed by atoms with Gasteiger partial charge in [-0.05, 0) is 127 Å². The van der Waals surface area contributed by atoms with E-state index in [4.69, 9.17) is 0 Å². The summed E-state index contributed by atoms with van der Waals surface area (Å²) in [7, 11) is 0. The molecule has 2 heteroatoms. The van der Waals surface area contributed by atoms with Gasteiger partial charge in [0, 0.05) is 33.4 Å². The molecule has 0 N–H and O–H groups in total. The molecule has 0 spiro atoms. The summed E-state index contributed by atoms with van der Waals surface area (Å²) in [4.78, 5) is 2.40. The second-order valence-electron chi connectivity index (χ2n) is 16.1. The van der Waals surface area contributed by atoms with E-state index in [0.717, 1.165) is 28.3 Å². The Morgan fingerprint density at radius 1 is 0.258 bits per heavy atom. The molecule has 0 aliphatic carbocycles. The lowest BCUT2D eigenvalue weighted by Gasteiger charge is -2.27. The lowest BCUT2D eigenvalue weighted by Crippen LogP contribution is -2.10. The monoisotopic (exact) mass is 788 g/mol. The minimum Gasteiger partial charge on any atom is -0.310 e. The lowest BCUT2D eigenvalue weighted by molar-refractivity contribution is 1.18. The van der Waals surface area contributed by atoms with Gasteiger partial charge in [-0.2, -0.15) is 0 Å². The second kappa shape index (κ2) is 14.8. The van der Waals surface area contributed by atoms with Crippen LogP contribution >= 0.6 is 0 Å². The molecule has 0 unspecified atom stereocenters. The molecule has 1 heterocycles. The van der Waals surface area contributed by atoms with Gasteiger partial charge in [0.1, 0.15) is 0 Å². The Kier molecular flexibility index (Phi) is 8.53. The predicted octanol–water partition coefficient (Wildman–Crippen LogP) is 16.7. The zero-order valence-corrected chi connectivity index (χ0v) is 34.0. The summed E-state index contributed by atoms with van der Waals surface area (Å²) in [6, 6.07) is 88.5. The van der Waals surface area contributed by atoms with Gasteiger partial charge in [-0.15, -0.1) is 0 Å². The molecule has 0 radical (unpaired) electrons. The zero-order valence-electron chi connectivity index (χ0n) is 34.0. The number of aromatic nitrogens is 1. The van der Waals surface area contributed by atoms with E-state index in [9.17, 15) is 0 Å². The molecule has 12 aromatic rings. The fourth-order valence-electron chi connectivity index (χ4n) is 9.63. The molecular weight excluding hydrogens is 749 g/mol. The molecule has 0 bridgehead atoms. The van der Waals surface area contributed by atoms with Gasteiger partial charge in [-0.25, -0.2) is 0 Å². The smallest absolute Gasteiger partial charge is 0.0547 e. The van der Waals surface area contributed by atoms with E-state index in [2.05, 4.69) is 252 Å². The summed E-state index contributed by atoms with van der Waals surface area (Å²) in [5.41, 5.74) is 13.9. The summed E-state index contributed by atoms with van der Waals surface area (Å²) in [6.07, 6.45) is 0. The maximum atomic E-state index is 2.45. The Morgan fingerprint density at radius 2 is 0.839 bits per heavy atom. The maximum Gasteiger partial charge on any atom is 0.0547 e. The van der Waals surface area contributed by atoms with E-state index >= 15 is 0 Å². The number of fused-ring (bicyclic) bond motifs is 7. The first-order valence-corrected chi connectivity index (χ1v) is 21.3. The topological polar surface area (TPSA) is 8.17 Å². The van der Waals surface area contributed by atoms with Gasteiger partial charge in [-0.3, -0.25) is 0 Å². The largest absolute Gasteiger partial charge is 0.310 e. The van der Waals surface area contributed by atoms with Gasteiger partial charge in [-0.1, -0.05) is 176 Å². The summed E-state index contributed by atoms with van der Waals surface area (Å²) in [5, 5.41) is 10.0. The van der Waals surface area contributed by atoms with Crippen LogP contribution in [0.5, 0.6) is 0 Å². The highest BCUT2D eigenvalue weighted by molar-refractivity contribution is 6.15. The van der Waals surface area contributed by atoms with Crippen LogP contribution in [0.1, 0.15) is 0 Å². The van der Waals surface area contributed by atoms with Gasteiger partial charge >= 0.3 is 0 Å². The average Bonchev–Trinajstić information content (AvgIpc) is 3.66. The van der Waals surface area contributed by atoms with Crippen LogP contribution in [0.15, 0.2) is 243 Å². The fraction of sp³-hybridized carbons (Fsp3) is 0. The number of hydrogen-bond acceptors (Lipinski definition) is 1. The van der Waals surface area contributed by atoms with Gasteiger partial charge in [0.15, 0.2) is 0 Å². The Bertz CT molecular complexity index is 3640. The molecule has 62 heavy (non-hydrogen) atoms. The third-order valence-corrected chi connectivity index (χ3v) is 12.5. The molecule has 0 saturated carbocycles. The fourth-order valence-corrected chi connectivity index (χ4v) is 9.63. The van der Waals surface area contributed by atoms with Gasteiger partial charge in [0.2, 0.25) is 0 Å². The number of hydrogen-bond donors (Lipinski definition) is 0. The molecule has 290 valence electrons. The number of rotatable bonds is 7. The Balaban J connectivity index is 1.01. The lowest BCUT2D eigenvalue weighted by atomic mass is 9.93. The first-order chi connectivity index (χ1) is 30.7. The first kappa shape index (κ1) is 35.7. The second-order valence-corrected chi connectivity index (χ2v) is 16.1. The van der Waals surface area contributed by atoms with Crippen molar-refractivity contribution >= 4 is 71.2 Å². The standard InChI is InChI=1S/C60H40N2/c1-2-16-41(17-3-1)43-21-14-23-49(36-43)61(50-24-15-22-46(37-50)56-39-47-20-6-7-25-51(47)53-27-8-9-28-54(53)56)48-34-32-42(33-35-48)52-26-10-12-30-58(52)62-59-31-13-11-29-55(59)57-38-44-18-4-5-19-45(44)40-60(57)62/h1-40H. The van der Waals surface area contributed by atoms with E-state index in [1.54, 1.807) is 0 Å². The van der Waals surface area contributed by atoms with Crippen molar-refractivity contribution in [3.63, 3.8) is 0 Å². The summed E-state index contributed by atoms with van der Waals surface area (Å²) in [5.74, 6) is 0. The van der Waals surface area contributed by atoms with Crippen molar-refractivity contribution in [1.29, 1.82) is 0 Å². The minimum absolute atomic E-state index is 1.08. The molecule has 0 fully saturated rings. The molecule has 0 aliphatic heterocycles. The van der Waals surface area contributed by atoms with E-state index in [1.807, 2.05) is 0 Å². The Morgan fingerprint density at radius 3 is 1.63 bits per heavy atom. The molecule has 0 saturated heterocycles. The molecule has 0 atom stereocenters. The Hall–Kier alpha value is -8.20. The van der Waals surface area contributed by atoms with Crippen molar-refractivity contribution < 1.29 is 0 Å². The highest BCUT2D eigenvalue weighted by Gasteiger charge is 2.19. The number of benzene rings is 11. The van der Waals surface area contributed by atoms with Gasteiger partial charge in [0.05, 0.1) is 16.7 Å². The van der Waals surface area contributed by atoms with E-state index in [0.29, 0.717) is 0 Å². The van der Waals surface area contributed by atoms with Gasteiger partial charge in [0.25, 0.3) is 0 Å². The van der Waals surface area contributed by atoms with Crippen LogP contribution in [-0.2, 0) is 0 Å². The van der Waals surface area contributed by atoms with Crippen LogP contribution < -0.4 is 4.90 Å². The molecular formula is C60H40N2. The number of anilines is 3. The van der Waals surface area contributed by atoms with Crippen LogP contribution in [0.25, 0.3) is 93.2 Å². The van der Waals surface area contributed by atoms with Crippen LogP contribution in [0.2, 0.25) is 0 Å². The van der Waals surface area contributed by atoms with E-state index < -0.39 is 0 Å². The highest BCUT2D eigenvalue weighted by Crippen LogP contribution is 2.43. The van der Waals surface area contributed by atoms with Crippen LogP contribution in [-0.4, -0.2) is 4.57 Å². The summed E-state index contributed by atoms with van der Waals surface area (Å²) in [6.45, 7) is 0. The maximum absolute atomic E-state index is 2.45. The van der Waals surface area contributed by atoms with E-state index in [1.165, 1.54) is 81.9 Å². The molecule has 1 aromatic heterocycles. The van der Waals surface area contributed by atoms with Crippen molar-refractivity contribution in [2.45, 2.75) is 0 Å². The summed E-state index contributed by atoms with van der Waals surface area (Å²) >= 11 is 0. The van der Waals surface area contributed by atoms with Crippen LogP contribution in [0.3, 0.4) is 0 Å². The van der Waals surface area contributed by atoms with Crippen molar-refractivity contribution in [2.75, 3.05) is 4.90 Å². The number of nitrogens with zero attached hydrogens (tertiary/aromatic N) is 2. The predicted molar refractivity (Wildman–Crippen MR) is 264 cm³/mol. The highest BCUT2D eigenvalue weighted by atomic mass is 15.1. The zero-order chi connectivity index (χ0) is 41.0. The van der Waals surface area contributed by atoms with Crippen molar-refractivity contribution in [2.24, 2.45) is 0 Å². The van der Waals surface area contributed by atoms with Crippen LogP contribution in [0, 0.1) is 0 Å². The van der Waals surface area contributed by atoms with Crippen molar-refractivity contribution in [3.05, 3.63) is 243 Å². The quantitative estimate of drug-likeness (QED) is 0.146. The van der Waals surface area contributed by atoms with Crippen molar-refractivity contribution in [1.82, 2.24) is 4.57 Å². The van der Waals surface area contributed by atoms with Crippen molar-refractivity contribution in [3.8, 4) is 39.1 Å². The third-order valence-electron chi connectivity index (χ3n) is 12.5. The first-order valence-electron chi connectivity index (χ1n) is 21.3. The average molecular weight is 789 g/mol. The third kappa shape index (κ3) is 6.04. The SMILES string of the molecule is c1ccc(-c2cccc(N(c3ccc(-c4ccccc4-n4c5ccccc5c5cc6ccccc6cc54)cc3)c3cccc(-c4cc5ccccc5c5ccccc45)c3)c2)cc1. The van der Waals surface area contributed by atoms with Crippen LogP contribution in [0.4, 0.5) is 17.1 Å². The molecule has 0 amide bonds. The molecule has 11 aromatic carbocycles. The van der Waals surface area contributed by atoms with Gasteiger partial charge < -0.3 is 9.47 Å². The van der Waals surface area contributed by atoms with E-state index in [-0.39, 0.29) is 0 Å². The molecule has 12 rings (SSSR count). The Labute approximate surface area is 360 Å². The number of para-hydroxylation sites is 2. The normalized spacial score (nSPS) is 11.5. The minimum atomic E-state index is 1.08.